The van der Waals surface area contributed by atoms with Gasteiger partial charge in [0.1, 0.15) is 5.82 Å². The fourth-order valence-corrected chi connectivity index (χ4v) is 4.21. The normalized spacial score (nSPS) is 25.5. The maximum atomic E-state index is 13.1. The SMILES string of the molecule is CC1CC(C)N(S(=O)(=O)c2ccc(F)c(N)c2)C1. The van der Waals surface area contributed by atoms with Crippen molar-refractivity contribution in [1.29, 1.82) is 0 Å². The summed E-state index contributed by atoms with van der Waals surface area (Å²) in [6, 6.07) is 3.50. The number of nitrogens with zero attached hydrogens (tertiary/aromatic N) is 1. The molecule has 2 atom stereocenters. The highest BCUT2D eigenvalue weighted by Gasteiger charge is 2.36. The van der Waals surface area contributed by atoms with Gasteiger partial charge in [-0.15, -0.1) is 0 Å². The molecular weight excluding hydrogens is 255 g/mol. The molecule has 1 aliphatic heterocycles. The summed E-state index contributed by atoms with van der Waals surface area (Å²) in [4.78, 5) is 0.0577. The Morgan fingerprint density at radius 1 is 1.39 bits per heavy atom. The summed E-state index contributed by atoms with van der Waals surface area (Å²) in [5.41, 5.74) is 5.28. The summed E-state index contributed by atoms with van der Waals surface area (Å²) in [6.45, 7) is 4.40. The van der Waals surface area contributed by atoms with Gasteiger partial charge in [0.2, 0.25) is 10.0 Å². The largest absolute Gasteiger partial charge is 0.396 e. The lowest BCUT2D eigenvalue weighted by molar-refractivity contribution is 0.405. The summed E-state index contributed by atoms with van der Waals surface area (Å²) in [5, 5.41) is 0. The molecule has 0 amide bonds. The Morgan fingerprint density at radius 3 is 2.56 bits per heavy atom. The first-order valence-electron chi connectivity index (χ1n) is 5.89. The van der Waals surface area contributed by atoms with Crippen LogP contribution in [0.4, 0.5) is 10.1 Å². The van der Waals surface area contributed by atoms with Crippen LogP contribution in [0.5, 0.6) is 0 Å². The van der Waals surface area contributed by atoms with Crippen molar-refractivity contribution in [3.63, 3.8) is 0 Å². The first-order chi connectivity index (χ1) is 8.32. The van der Waals surface area contributed by atoms with Crippen molar-refractivity contribution in [1.82, 2.24) is 4.31 Å². The molecule has 1 aromatic rings. The molecule has 2 N–H and O–H groups in total. The molecule has 0 bridgehead atoms. The molecule has 100 valence electrons. The molecule has 0 spiro atoms. The number of benzene rings is 1. The molecule has 0 radical (unpaired) electrons. The highest BCUT2D eigenvalue weighted by atomic mass is 32.2. The van der Waals surface area contributed by atoms with Crippen LogP contribution >= 0.6 is 0 Å². The lowest BCUT2D eigenvalue weighted by Crippen LogP contribution is -2.34. The lowest BCUT2D eigenvalue weighted by atomic mass is 10.1. The molecule has 1 saturated heterocycles. The van der Waals surface area contributed by atoms with Crippen LogP contribution in [0.1, 0.15) is 20.3 Å². The molecule has 0 aliphatic carbocycles. The summed E-state index contributed by atoms with van der Waals surface area (Å²) < 4.78 is 39.3. The third-order valence-corrected chi connectivity index (χ3v) is 5.28. The maximum Gasteiger partial charge on any atom is 0.243 e. The van der Waals surface area contributed by atoms with Gasteiger partial charge in [-0.1, -0.05) is 6.92 Å². The van der Waals surface area contributed by atoms with Gasteiger partial charge < -0.3 is 5.73 Å². The van der Waals surface area contributed by atoms with E-state index in [1.54, 1.807) is 0 Å². The van der Waals surface area contributed by atoms with Crippen molar-refractivity contribution in [3.8, 4) is 0 Å². The van der Waals surface area contributed by atoms with Crippen molar-refractivity contribution in [2.24, 2.45) is 5.92 Å². The number of nitrogens with two attached hydrogens (primary N) is 1. The molecule has 18 heavy (non-hydrogen) atoms. The molecule has 0 aromatic heterocycles. The fraction of sp³-hybridized carbons (Fsp3) is 0.500. The zero-order valence-corrected chi connectivity index (χ0v) is 11.2. The zero-order valence-electron chi connectivity index (χ0n) is 10.4. The van der Waals surface area contributed by atoms with Gasteiger partial charge >= 0.3 is 0 Å². The minimum absolute atomic E-state index is 0.0312. The molecule has 1 aromatic carbocycles. The minimum atomic E-state index is -3.57. The molecule has 0 saturated carbocycles. The van der Waals surface area contributed by atoms with E-state index in [0.717, 1.165) is 12.5 Å². The zero-order chi connectivity index (χ0) is 13.5. The van der Waals surface area contributed by atoms with Gasteiger partial charge in [0, 0.05) is 12.6 Å². The van der Waals surface area contributed by atoms with E-state index in [9.17, 15) is 12.8 Å². The molecule has 1 aliphatic rings. The molecule has 1 heterocycles. The number of halogens is 1. The summed E-state index contributed by atoms with van der Waals surface area (Å²) >= 11 is 0. The summed E-state index contributed by atoms with van der Waals surface area (Å²) in [6.07, 6.45) is 0.843. The van der Waals surface area contributed by atoms with E-state index < -0.39 is 15.8 Å². The maximum absolute atomic E-state index is 13.1. The van der Waals surface area contributed by atoms with E-state index >= 15 is 0 Å². The number of sulfonamides is 1. The highest BCUT2D eigenvalue weighted by molar-refractivity contribution is 7.89. The monoisotopic (exact) mass is 272 g/mol. The quantitative estimate of drug-likeness (QED) is 0.835. The van der Waals surface area contributed by atoms with Crippen molar-refractivity contribution in [2.45, 2.75) is 31.2 Å². The first-order valence-corrected chi connectivity index (χ1v) is 7.33. The van der Waals surface area contributed by atoms with Crippen LogP contribution in [0.15, 0.2) is 23.1 Å². The number of nitrogen functional groups attached to an aromatic ring is 1. The van der Waals surface area contributed by atoms with Gasteiger partial charge in [-0.05, 0) is 37.5 Å². The Bertz CT molecular complexity index is 559. The molecule has 1 fully saturated rings. The number of hydrogen-bond acceptors (Lipinski definition) is 3. The van der Waals surface area contributed by atoms with Gasteiger partial charge in [0.05, 0.1) is 10.6 Å². The van der Waals surface area contributed by atoms with Crippen molar-refractivity contribution >= 4 is 15.7 Å². The number of hydrogen-bond donors (Lipinski definition) is 1. The average Bonchev–Trinajstić information content (AvgIpc) is 2.62. The molecular formula is C12H17FN2O2S. The predicted molar refractivity (Wildman–Crippen MR) is 67.9 cm³/mol. The van der Waals surface area contributed by atoms with E-state index in [1.165, 1.54) is 16.4 Å². The molecule has 6 heteroatoms. The van der Waals surface area contributed by atoms with Crippen LogP contribution in [0.3, 0.4) is 0 Å². The number of rotatable bonds is 2. The molecule has 2 rings (SSSR count). The Hall–Kier alpha value is -1.14. The Balaban J connectivity index is 2.39. The van der Waals surface area contributed by atoms with Gasteiger partial charge in [-0.3, -0.25) is 0 Å². The summed E-state index contributed by atoms with van der Waals surface area (Å²) in [5.74, 6) is -0.260. The Morgan fingerprint density at radius 2 is 2.06 bits per heavy atom. The van der Waals surface area contributed by atoms with Gasteiger partial charge in [0.15, 0.2) is 0 Å². The predicted octanol–water partition coefficient (Wildman–Crippen LogP) is 1.83. The smallest absolute Gasteiger partial charge is 0.243 e. The van der Waals surface area contributed by atoms with Gasteiger partial charge in [-0.2, -0.15) is 4.31 Å². The van der Waals surface area contributed by atoms with Crippen LogP contribution in [0.2, 0.25) is 0 Å². The van der Waals surface area contributed by atoms with Crippen LogP contribution in [-0.2, 0) is 10.0 Å². The first kappa shape index (κ1) is 13.3. The second kappa shape index (κ2) is 4.51. The van der Waals surface area contributed by atoms with E-state index in [4.69, 9.17) is 5.73 Å². The fourth-order valence-electron chi connectivity index (χ4n) is 2.41. The van der Waals surface area contributed by atoms with Crippen molar-refractivity contribution in [2.75, 3.05) is 12.3 Å². The summed E-state index contributed by atoms with van der Waals surface area (Å²) in [7, 11) is -3.57. The topological polar surface area (TPSA) is 63.4 Å². The van der Waals surface area contributed by atoms with Crippen LogP contribution in [0, 0.1) is 11.7 Å². The minimum Gasteiger partial charge on any atom is -0.396 e. The number of anilines is 1. The average molecular weight is 272 g/mol. The van der Waals surface area contributed by atoms with E-state index in [0.29, 0.717) is 12.5 Å². The molecule has 4 nitrogen and oxygen atoms in total. The highest BCUT2D eigenvalue weighted by Crippen LogP contribution is 2.29. The van der Waals surface area contributed by atoms with E-state index in [-0.39, 0.29) is 16.6 Å². The van der Waals surface area contributed by atoms with E-state index in [2.05, 4.69) is 0 Å². The van der Waals surface area contributed by atoms with Crippen molar-refractivity contribution < 1.29 is 12.8 Å². The third-order valence-electron chi connectivity index (χ3n) is 3.30. The van der Waals surface area contributed by atoms with Crippen LogP contribution < -0.4 is 5.73 Å². The van der Waals surface area contributed by atoms with Crippen LogP contribution in [-0.4, -0.2) is 25.3 Å². The standard InChI is InChI=1S/C12H17FN2O2S/c1-8-5-9(2)15(7-8)18(16,17)10-3-4-11(13)12(14)6-10/h3-4,6,8-9H,5,7,14H2,1-2H3. The Labute approximate surface area is 107 Å². The molecule has 2 unspecified atom stereocenters. The second-order valence-electron chi connectivity index (χ2n) is 4.95. The Kier molecular flexibility index (Phi) is 3.33. The van der Waals surface area contributed by atoms with Crippen molar-refractivity contribution in [3.05, 3.63) is 24.0 Å². The third kappa shape index (κ3) is 2.22. The van der Waals surface area contributed by atoms with Gasteiger partial charge in [0.25, 0.3) is 0 Å². The lowest BCUT2D eigenvalue weighted by Gasteiger charge is -2.21. The second-order valence-corrected chi connectivity index (χ2v) is 6.84. The van der Waals surface area contributed by atoms with Crippen LogP contribution in [0.25, 0.3) is 0 Å². The van der Waals surface area contributed by atoms with E-state index in [1.807, 2.05) is 13.8 Å². The van der Waals surface area contributed by atoms with Gasteiger partial charge in [-0.25, -0.2) is 12.8 Å².